The second-order valence-electron chi connectivity index (χ2n) is 8.29. The Hall–Kier alpha value is -3.31. The van der Waals surface area contributed by atoms with Crippen LogP contribution in [-0.4, -0.2) is 15.2 Å². The first-order valence-corrected chi connectivity index (χ1v) is 10.8. The highest BCUT2D eigenvalue weighted by Gasteiger charge is 2.17. The zero-order valence-electron chi connectivity index (χ0n) is 17.1. The number of pyridine rings is 1. The first kappa shape index (κ1) is 18.7. The molecule has 0 aliphatic carbocycles. The topological polar surface area (TPSA) is 51.8 Å². The Kier molecular flexibility index (Phi) is 4.48. The molecule has 4 nitrogen and oxygen atoms in total. The van der Waals surface area contributed by atoms with Crippen LogP contribution in [0.3, 0.4) is 0 Å². The van der Waals surface area contributed by atoms with Gasteiger partial charge in [-0.05, 0) is 46.7 Å². The van der Waals surface area contributed by atoms with Crippen LogP contribution in [0, 0.1) is 0 Å². The van der Waals surface area contributed by atoms with Crippen molar-refractivity contribution in [2.45, 2.75) is 26.2 Å². The molecule has 0 radical (unpaired) electrons. The summed E-state index contributed by atoms with van der Waals surface area (Å²) in [5.41, 5.74) is 5.01. The average molecular weight is 412 g/mol. The summed E-state index contributed by atoms with van der Waals surface area (Å²) in [4.78, 5) is 5.93. The lowest BCUT2D eigenvalue weighted by molar-refractivity contribution is 0.582. The zero-order valence-corrected chi connectivity index (χ0v) is 17.9. The number of hydrogen-bond donors (Lipinski definition) is 0. The lowest BCUT2D eigenvalue weighted by Gasteiger charge is -2.18. The van der Waals surface area contributed by atoms with Crippen molar-refractivity contribution in [3.63, 3.8) is 0 Å². The number of benzene rings is 2. The Morgan fingerprint density at radius 3 is 2.33 bits per heavy atom. The molecular weight excluding hydrogens is 390 g/mol. The van der Waals surface area contributed by atoms with E-state index in [4.69, 9.17) is 9.40 Å². The molecule has 148 valence electrons. The summed E-state index contributed by atoms with van der Waals surface area (Å²) < 4.78 is 6.12. The zero-order chi connectivity index (χ0) is 20.7. The van der Waals surface area contributed by atoms with Crippen molar-refractivity contribution >= 4 is 22.2 Å². The van der Waals surface area contributed by atoms with E-state index in [0.29, 0.717) is 11.8 Å². The molecule has 0 N–H and O–H groups in total. The SMILES string of the molecule is CC(C)(C)c1ccc(-c2nnc(-c3cc(-c4cccs4)nc4ccccc34)o2)cc1. The third-order valence-electron chi connectivity index (χ3n) is 5.14. The highest BCUT2D eigenvalue weighted by molar-refractivity contribution is 7.13. The van der Waals surface area contributed by atoms with Gasteiger partial charge in [-0.25, -0.2) is 4.98 Å². The van der Waals surface area contributed by atoms with Crippen molar-refractivity contribution in [2.75, 3.05) is 0 Å². The van der Waals surface area contributed by atoms with Gasteiger partial charge in [0.25, 0.3) is 0 Å². The second-order valence-corrected chi connectivity index (χ2v) is 9.24. The Morgan fingerprint density at radius 2 is 1.60 bits per heavy atom. The van der Waals surface area contributed by atoms with Crippen LogP contribution in [0.15, 0.2) is 76.5 Å². The van der Waals surface area contributed by atoms with E-state index in [-0.39, 0.29) is 5.41 Å². The van der Waals surface area contributed by atoms with Crippen LogP contribution in [-0.2, 0) is 5.41 Å². The monoisotopic (exact) mass is 411 g/mol. The Labute approximate surface area is 179 Å². The minimum absolute atomic E-state index is 0.104. The van der Waals surface area contributed by atoms with Crippen LogP contribution < -0.4 is 0 Å². The number of fused-ring (bicyclic) bond motifs is 1. The summed E-state index contributed by atoms with van der Waals surface area (Å²) >= 11 is 1.66. The normalized spacial score (nSPS) is 11.8. The van der Waals surface area contributed by atoms with Crippen LogP contribution in [0.2, 0.25) is 0 Å². The van der Waals surface area contributed by atoms with E-state index in [0.717, 1.165) is 32.6 Å². The van der Waals surface area contributed by atoms with Crippen LogP contribution in [0.25, 0.3) is 44.4 Å². The van der Waals surface area contributed by atoms with Gasteiger partial charge in [0.05, 0.1) is 21.7 Å². The standard InChI is InChI=1S/C25H21N3OS/c1-25(2,3)17-12-10-16(11-13-17)23-27-28-24(29-23)19-15-21(22-9-6-14-30-22)26-20-8-5-4-7-18(19)20/h4-15H,1-3H3. The molecule has 3 aromatic heterocycles. The molecule has 3 heterocycles. The molecular formula is C25H21N3OS. The molecule has 0 saturated heterocycles. The van der Waals surface area contributed by atoms with Crippen molar-refractivity contribution in [2.24, 2.45) is 0 Å². The molecule has 5 rings (SSSR count). The predicted molar refractivity (Wildman–Crippen MR) is 122 cm³/mol. The van der Waals surface area contributed by atoms with E-state index < -0.39 is 0 Å². The number of nitrogens with zero attached hydrogens (tertiary/aromatic N) is 3. The summed E-state index contributed by atoms with van der Waals surface area (Å²) in [5, 5.41) is 11.7. The highest BCUT2D eigenvalue weighted by atomic mass is 32.1. The van der Waals surface area contributed by atoms with Gasteiger partial charge in [-0.3, -0.25) is 0 Å². The van der Waals surface area contributed by atoms with Crippen LogP contribution in [0.4, 0.5) is 0 Å². The number of hydrogen-bond acceptors (Lipinski definition) is 5. The van der Waals surface area contributed by atoms with E-state index in [2.05, 4.69) is 54.5 Å². The van der Waals surface area contributed by atoms with E-state index >= 15 is 0 Å². The van der Waals surface area contributed by atoms with Crippen LogP contribution in [0.1, 0.15) is 26.3 Å². The fourth-order valence-corrected chi connectivity index (χ4v) is 4.15. The molecule has 0 spiro atoms. The smallest absolute Gasteiger partial charge is 0.248 e. The summed E-state index contributed by atoms with van der Waals surface area (Å²) in [6.07, 6.45) is 0. The van der Waals surface area contributed by atoms with Crippen molar-refractivity contribution in [1.29, 1.82) is 0 Å². The molecule has 2 aromatic carbocycles. The largest absolute Gasteiger partial charge is 0.416 e. The Balaban J connectivity index is 1.59. The molecule has 0 fully saturated rings. The second kappa shape index (κ2) is 7.18. The van der Waals surface area contributed by atoms with Crippen LogP contribution >= 0.6 is 11.3 Å². The third kappa shape index (κ3) is 3.42. The summed E-state index contributed by atoms with van der Waals surface area (Å²) in [5.74, 6) is 1.02. The first-order chi connectivity index (χ1) is 14.5. The lowest BCUT2D eigenvalue weighted by atomic mass is 9.87. The van der Waals surface area contributed by atoms with Gasteiger partial charge in [0.1, 0.15) is 0 Å². The molecule has 30 heavy (non-hydrogen) atoms. The van der Waals surface area contributed by atoms with Gasteiger partial charge in [0.2, 0.25) is 11.8 Å². The quantitative estimate of drug-likeness (QED) is 0.321. The Bertz CT molecular complexity index is 1310. The van der Waals surface area contributed by atoms with Gasteiger partial charge in [-0.2, -0.15) is 0 Å². The van der Waals surface area contributed by atoms with Gasteiger partial charge in [-0.1, -0.05) is 57.2 Å². The maximum absolute atomic E-state index is 6.12. The fraction of sp³-hybridized carbons (Fsp3) is 0.160. The molecule has 0 aliphatic heterocycles. The van der Waals surface area contributed by atoms with Crippen molar-refractivity contribution < 1.29 is 4.42 Å². The summed E-state index contributed by atoms with van der Waals surface area (Å²) in [7, 11) is 0. The van der Waals surface area contributed by atoms with Crippen molar-refractivity contribution in [1.82, 2.24) is 15.2 Å². The van der Waals surface area contributed by atoms with Crippen molar-refractivity contribution in [3.8, 4) is 33.5 Å². The number of thiophene rings is 1. The van der Waals surface area contributed by atoms with Crippen molar-refractivity contribution in [3.05, 3.63) is 77.7 Å². The molecule has 0 bridgehead atoms. The fourth-order valence-electron chi connectivity index (χ4n) is 3.46. The summed E-state index contributed by atoms with van der Waals surface area (Å²) in [6, 6.07) is 22.5. The van der Waals surface area contributed by atoms with E-state index in [1.54, 1.807) is 11.3 Å². The molecule has 0 saturated carbocycles. The van der Waals surface area contributed by atoms with Gasteiger partial charge in [0.15, 0.2) is 0 Å². The maximum atomic E-state index is 6.12. The molecule has 0 atom stereocenters. The predicted octanol–water partition coefficient (Wildman–Crippen LogP) is 6.98. The number of aromatic nitrogens is 3. The first-order valence-electron chi connectivity index (χ1n) is 9.87. The van der Waals surface area contributed by atoms with E-state index in [9.17, 15) is 0 Å². The lowest BCUT2D eigenvalue weighted by Crippen LogP contribution is -2.10. The van der Waals surface area contributed by atoms with Gasteiger partial charge >= 0.3 is 0 Å². The third-order valence-corrected chi connectivity index (χ3v) is 6.04. The minimum Gasteiger partial charge on any atom is -0.416 e. The highest BCUT2D eigenvalue weighted by Crippen LogP contribution is 2.34. The molecule has 5 heteroatoms. The minimum atomic E-state index is 0.104. The molecule has 0 unspecified atom stereocenters. The number of para-hydroxylation sites is 1. The van der Waals surface area contributed by atoms with Gasteiger partial charge in [0, 0.05) is 10.9 Å². The van der Waals surface area contributed by atoms with E-state index in [1.165, 1.54) is 5.56 Å². The van der Waals surface area contributed by atoms with Gasteiger partial charge in [-0.15, -0.1) is 21.5 Å². The number of rotatable bonds is 3. The van der Waals surface area contributed by atoms with Gasteiger partial charge < -0.3 is 4.42 Å². The summed E-state index contributed by atoms with van der Waals surface area (Å²) in [6.45, 7) is 6.60. The van der Waals surface area contributed by atoms with Crippen LogP contribution in [0.5, 0.6) is 0 Å². The molecule has 0 amide bonds. The molecule has 5 aromatic rings. The maximum Gasteiger partial charge on any atom is 0.248 e. The Morgan fingerprint density at radius 1 is 0.833 bits per heavy atom. The molecule has 0 aliphatic rings. The van der Waals surface area contributed by atoms with E-state index in [1.807, 2.05) is 48.5 Å². The average Bonchev–Trinajstić information content (AvgIpc) is 3.45.